The summed E-state index contributed by atoms with van der Waals surface area (Å²) in [4.78, 5) is 28.2. The summed E-state index contributed by atoms with van der Waals surface area (Å²) in [6.07, 6.45) is 0. The summed E-state index contributed by atoms with van der Waals surface area (Å²) < 4.78 is 13.7. The first-order valence-corrected chi connectivity index (χ1v) is 8.42. The lowest BCUT2D eigenvalue weighted by Gasteiger charge is -2.32. The first-order chi connectivity index (χ1) is 12.0. The first-order valence-electron chi connectivity index (χ1n) is 8.42. The Balaban J connectivity index is 1.87. The predicted octanol–water partition coefficient (Wildman–Crippen LogP) is 1.02. The van der Waals surface area contributed by atoms with Crippen molar-refractivity contribution in [2.24, 2.45) is 0 Å². The monoisotopic (exact) mass is 347 g/mol. The molecular weight excluding hydrogens is 325 g/mol. The fourth-order valence-corrected chi connectivity index (χ4v) is 3.45. The lowest BCUT2D eigenvalue weighted by atomic mass is 9.96. The molecule has 1 amide bonds. The van der Waals surface area contributed by atoms with Gasteiger partial charge in [-0.3, -0.25) is 14.5 Å². The number of amides is 1. The van der Waals surface area contributed by atoms with Gasteiger partial charge in [-0.15, -0.1) is 0 Å². The van der Waals surface area contributed by atoms with Crippen molar-refractivity contribution < 1.29 is 19.1 Å². The summed E-state index contributed by atoms with van der Waals surface area (Å²) >= 11 is 0. The number of aliphatic hydroxyl groups excluding tert-OH is 1. The van der Waals surface area contributed by atoms with Crippen LogP contribution < -0.4 is 5.32 Å². The Kier molecular flexibility index (Phi) is 5.15. The molecule has 6 nitrogen and oxygen atoms in total. The van der Waals surface area contributed by atoms with Gasteiger partial charge in [0.2, 0.25) is 0 Å². The van der Waals surface area contributed by atoms with E-state index in [1.807, 2.05) is 0 Å². The third kappa shape index (κ3) is 3.57. The van der Waals surface area contributed by atoms with E-state index in [0.717, 1.165) is 26.2 Å². The van der Waals surface area contributed by atoms with E-state index in [4.69, 9.17) is 0 Å². The van der Waals surface area contributed by atoms with Gasteiger partial charge in [0.15, 0.2) is 11.5 Å². The minimum absolute atomic E-state index is 0.0379. The SMILES string of the molecule is CC(=O)C1=C(O)C(=O)N(CCN2CCNCC2)[C@@H]1c1cccc(F)c1. The molecule has 0 bridgehead atoms. The van der Waals surface area contributed by atoms with Crippen LogP contribution >= 0.6 is 0 Å². The van der Waals surface area contributed by atoms with Gasteiger partial charge in [-0.25, -0.2) is 4.39 Å². The molecule has 0 aromatic heterocycles. The van der Waals surface area contributed by atoms with Crippen molar-refractivity contribution in [3.8, 4) is 0 Å². The molecule has 2 aliphatic rings. The van der Waals surface area contributed by atoms with Crippen molar-refractivity contribution >= 4 is 11.7 Å². The molecule has 25 heavy (non-hydrogen) atoms. The van der Waals surface area contributed by atoms with Crippen molar-refractivity contribution in [2.45, 2.75) is 13.0 Å². The number of aliphatic hydroxyl groups is 1. The number of hydrogen-bond donors (Lipinski definition) is 2. The van der Waals surface area contributed by atoms with Crippen LogP contribution in [0.1, 0.15) is 18.5 Å². The standard InChI is InChI=1S/C18H22FN3O3/c1-12(23)15-16(13-3-2-4-14(19)11-13)22(18(25)17(15)24)10-9-21-7-5-20-6-8-21/h2-4,11,16,20,24H,5-10H2,1H3/t16-/m1/s1. The average Bonchev–Trinajstić information content (AvgIpc) is 2.85. The Morgan fingerprint density at radius 3 is 2.68 bits per heavy atom. The van der Waals surface area contributed by atoms with Gasteiger partial charge in [0, 0.05) is 39.3 Å². The molecule has 0 radical (unpaired) electrons. The minimum Gasteiger partial charge on any atom is -0.503 e. The maximum absolute atomic E-state index is 13.7. The van der Waals surface area contributed by atoms with Crippen LogP contribution in [0, 0.1) is 5.82 Å². The first kappa shape index (κ1) is 17.6. The zero-order valence-electron chi connectivity index (χ0n) is 14.2. The quantitative estimate of drug-likeness (QED) is 0.832. The summed E-state index contributed by atoms with van der Waals surface area (Å²) in [5.74, 6) is -1.93. The molecule has 1 atom stereocenters. The summed E-state index contributed by atoms with van der Waals surface area (Å²) in [5, 5.41) is 13.5. The Morgan fingerprint density at radius 2 is 2.04 bits per heavy atom. The Labute approximate surface area is 145 Å². The second kappa shape index (κ2) is 7.33. The van der Waals surface area contributed by atoms with E-state index in [2.05, 4.69) is 10.2 Å². The number of benzene rings is 1. The Bertz CT molecular complexity index is 713. The fraction of sp³-hybridized carbons (Fsp3) is 0.444. The normalized spacial score (nSPS) is 21.9. The maximum Gasteiger partial charge on any atom is 0.290 e. The summed E-state index contributed by atoms with van der Waals surface area (Å²) in [5.41, 5.74) is 0.527. The van der Waals surface area contributed by atoms with Crippen molar-refractivity contribution in [3.63, 3.8) is 0 Å². The lowest BCUT2D eigenvalue weighted by Crippen LogP contribution is -2.47. The molecule has 1 saturated heterocycles. The number of ketones is 1. The van der Waals surface area contributed by atoms with Crippen molar-refractivity contribution in [2.75, 3.05) is 39.3 Å². The van der Waals surface area contributed by atoms with Gasteiger partial charge in [-0.1, -0.05) is 12.1 Å². The molecular formula is C18H22FN3O3. The van der Waals surface area contributed by atoms with Crippen molar-refractivity contribution in [3.05, 3.63) is 47.0 Å². The molecule has 0 saturated carbocycles. The van der Waals surface area contributed by atoms with E-state index in [0.29, 0.717) is 18.7 Å². The number of carbonyl (C=O) groups is 2. The average molecular weight is 347 g/mol. The highest BCUT2D eigenvalue weighted by Crippen LogP contribution is 2.37. The molecule has 2 heterocycles. The van der Waals surface area contributed by atoms with Gasteiger partial charge in [-0.2, -0.15) is 0 Å². The van der Waals surface area contributed by atoms with E-state index in [-0.39, 0.29) is 11.4 Å². The number of hydrogen-bond acceptors (Lipinski definition) is 5. The van der Waals surface area contributed by atoms with E-state index < -0.39 is 23.5 Å². The van der Waals surface area contributed by atoms with Crippen LogP contribution in [0.15, 0.2) is 35.6 Å². The lowest BCUT2D eigenvalue weighted by molar-refractivity contribution is -0.129. The number of carbonyl (C=O) groups excluding carboxylic acids is 2. The van der Waals surface area contributed by atoms with Crippen LogP contribution in [-0.2, 0) is 9.59 Å². The van der Waals surface area contributed by atoms with E-state index in [1.54, 1.807) is 6.07 Å². The molecule has 2 aliphatic heterocycles. The molecule has 2 N–H and O–H groups in total. The second-order valence-electron chi connectivity index (χ2n) is 6.37. The molecule has 134 valence electrons. The number of nitrogens with one attached hydrogen (secondary N) is 1. The van der Waals surface area contributed by atoms with E-state index in [9.17, 15) is 19.1 Å². The minimum atomic E-state index is -0.747. The number of Topliss-reactive ketones (excluding diaryl/α,β-unsaturated/α-hetero) is 1. The van der Waals surface area contributed by atoms with Crippen molar-refractivity contribution in [1.82, 2.24) is 15.1 Å². The third-order valence-electron chi connectivity index (χ3n) is 4.71. The summed E-state index contributed by atoms with van der Waals surface area (Å²) in [7, 11) is 0. The molecule has 1 fully saturated rings. The molecule has 3 rings (SSSR count). The second-order valence-corrected chi connectivity index (χ2v) is 6.37. The van der Waals surface area contributed by atoms with Crippen LogP contribution in [0.25, 0.3) is 0 Å². The highest BCUT2D eigenvalue weighted by Gasteiger charge is 2.42. The molecule has 1 aromatic carbocycles. The number of halogens is 1. The zero-order chi connectivity index (χ0) is 18.0. The highest BCUT2D eigenvalue weighted by molar-refractivity contribution is 6.08. The maximum atomic E-state index is 13.7. The van der Waals surface area contributed by atoms with Gasteiger partial charge >= 0.3 is 0 Å². The Morgan fingerprint density at radius 1 is 1.32 bits per heavy atom. The molecule has 0 unspecified atom stereocenters. The van der Waals surface area contributed by atoms with Gasteiger partial charge in [0.25, 0.3) is 5.91 Å². The van der Waals surface area contributed by atoms with E-state index >= 15 is 0 Å². The van der Waals surface area contributed by atoms with Gasteiger partial charge in [-0.05, 0) is 24.6 Å². The zero-order valence-corrected chi connectivity index (χ0v) is 14.2. The summed E-state index contributed by atoms with van der Waals surface area (Å²) in [6, 6.07) is 5.07. The number of nitrogens with zero attached hydrogens (tertiary/aromatic N) is 2. The Hall–Kier alpha value is -2.25. The smallest absolute Gasteiger partial charge is 0.290 e. The van der Waals surface area contributed by atoms with Crippen LogP contribution in [0.4, 0.5) is 4.39 Å². The van der Waals surface area contributed by atoms with Crippen molar-refractivity contribution in [1.29, 1.82) is 0 Å². The molecule has 7 heteroatoms. The van der Waals surface area contributed by atoms with E-state index in [1.165, 1.54) is 30.0 Å². The third-order valence-corrected chi connectivity index (χ3v) is 4.71. The van der Waals surface area contributed by atoms with Crippen LogP contribution in [-0.4, -0.2) is 65.9 Å². The van der Waals surface area contributed by atoms with Crippen LogP contribution in [0.3, 0.4) is 0 Å². The molecule has 0 spiro atoms. The van der Waals surface area contributed by atoms with Gasteiger partial charge in [0.05, 0.1) is 11.6 Å². The number of piperazine rings is 1. The fourth-order valence-electron chi connectivity index (χ4n) is 3.45. The summed E-state index contributed by atoms with van der Waals surface area (Å²) in [6.45, 7) is 5.85. The predicted molar refractivity (Wildman–Crippen MR) is 90.5 cm³/mol. The van der Waals surface area contributed by atoms with Gasteiger partial charge in [0.1, 0.15) is 5.82 Å². The number of rotatable bonds is 5. The van der Waals surface area contributed by atoms with Gasteiger partial charge < -0.3 is 15.3 Å². The molecule has 1 aromatic rings. The highest BCUT2D eigenvalue weighted by atomic mass is 19.1. The molecule has 0 aliphatic carbocycles. The largest absolute Gasteiger partial charge is 0.503 e. The van der Waals surface area contributed by atoms with Crippen LogP contribution in [0.5, 0.6) is 0 Å². The topological polar surface area (TPSA) is 72.9 Å². The van der Waals surface area contributed by atoms with Crippen LogP contribution in [0.2, 0.25) is 0 Å².